The molecule has 3 N–H and O–H groups in total. The number of hydrogen-bond acceptors (Lipinski definition) is 4. The Balaban J connectivity index is 1.89. The van der Waals surface area contributed by atoms with E-state index in [1.54, 1.807) is 42.5 Å². The number of nitrogens with one attached hydrogen (secondary N) is 3. The maximum Gasteiger partial charge on any atom is 0.250 e. The van der Waals surface area contributed by atoms with Crippen LogP contribution in [0.3, 0.4) is 0 Å². The Kier molecular flexibility index (Phi) is 6.47. The summed E-state index contributed by atoms with van der Waals surface area (Å²) in [6, 6.07) is 10.5. The largest absolute Gasteiger partial charge is 0.465 e. The molecular formula is C18H19N3O3S. The SMILES string of the molecule is CC(C)C(=O)Nc1cccc(NC(=S)NC(=O)/C=C/c2ccco2)c1. The lowest BCUT2D eigenvalue weighted by molar-refractivity contribution is -0.119. The topological polar surface area (TPSA) is 83.4 Å². The van der Waals surface area contributed by atoms with Crippen molar-refractivity contribution in [3.8, 4) is 0 Å². The first-order valence-corrected chi connectivity index (χ1v) is 8.09. The van der Waals surface area contributed by atoms with Crippen LogP contribution in [0.25, 0.3) is 6.08 Å². The van der Waals surface area contributed by atoms with Gasteiger partial charge in [0.1, 0.15) is 5.76 Å². The minimum atomic E-state index is -0.377. The Morgan fingerprint density at radius 2 is 1.84 bits per heavy atom. The normalized spacial score (nSPS) is 10.7. The summed E-state index contributed by atoms with van der Waals surface area (Å²) in [4.78, 5) is 23.5. The molecule has 7 heteroatoms. The summed E-state index contributed by atoms with van der Waals surface area (Å²) < 4.78 is 5.10. The van der Waals surface area contributed by atoms with Crippen LogP contribution >= 0.6 is 12.2 Å². The van der Waals surface area contributed by atoms with Crippen LogP contribution in [0.15, 0.2) is 53.2 Å². The highest BCUT2D eigenvalue weighted by Crippen LogP contribution is 2.16. The Bertz CT molecular complexity index is 783. The molecule has 0 aliphatic carbocycles. The van der Waals surface area contributed by atoms with E-state index in [0.717, 1.165) is 0 Å². The fraction of sp³-hybridized carbons (Fsp3) is 0.167. The first-order chi connectivity index (χ1) is 11.9. The monoisotopic (exact) mass is 357 g/mol. The van der Waals surface area contributed by atoms with Crippen LogP contribution in [0.2, 0.25) is 0 Å². The molecule has 0 aliphatic heterocycles. The van der Waals surface area contributed by atoms with Crippen LogP contribution in [0, 0.1) is 5.92 Å². The second-order valence-corrected chi connectivity index (χ2v) is 5.93. The number of anilines is 2. The number of rotatable bonds is 5. The smallest absolute Gasteiger partial charge is 0.250 e. The van der Waals surface area contributed by atoms with Crippen LogP contribution in [0.4, 0.5) is 11.4 Å². The predicted molar refractivity (Wildman–Crippen MR) is 102 cm³/mol. The summed E-state index contributed by atoms with van der Waals surface area (Å²) in [6.45, 7) is 3.64. The van der Waals surface area contributed by atoms with Gasteiger partial charge < -0.3 is 15.1 Å². The van der Waals surface area contributed by atoms with Crippen LogP contribution in [0.1, 0.15) is 19.6 Å². The van der Waals surface area contributed by atoms with Gasteiger partial charge in [-0.25, -0.2) is 0 Å². The summed E-state index contributed by atoms with van der Waals surface area (Å²) in [7, 11) is 0. The van der Waals surface area contributed by atoms with Crippen LogP contribution in [0.5, 0.6) is 0 Å². The highest BCUT2D eigenvalue weighted by molar-refractivity contribution is 7.80. The van der Waals surface area contributed by atoms with Crippen molar-refractivity contribution < 1.29 is 14.0 Å². The van der Waals surface area contributed by atoms with Crippen LogP contribution in [-0.2, 0) is 9.59 Å². The number of carbonyl (C=O) groups is 2. The van der Waals surface area contributed by atoms with E-state index in [-0.39, 0.29) is 22.8 Å². The van der Waals surface area contributed by atoms with Gasteiger partial charge in [-0.05, 0) is 48.6 Å². The average Bonchev–Trinajstić information content (AvgIpc) is 3.06. The average molecular weight is 357 g/mol. The number of benzene rings is 1. The molecule has 0 bridgehead atoms. The molecule has 0 aliphatic rings. The molecule has 2 amide bonds. The number of furan rings is 1. The van der Waals surface area contributed by atoms with Gasteiger partial charge in [-0.3, -0.25) is 14.9 Å². The minimum Gasteiger partial charge on any atom is -0.465 e. The summed E-state index contributed by atoms with van der Waals surface area (Å²) in [5.41, 5.74) is 1.30. The molecule has 2 aromatic rings. The number of amides is 2. The minimum absolute atomic E-state index is 0.0731. The maximum atomic E-state index is 11.8. The molecule has 0 radical (unpaired) electrons. The van der Waals surface area contributed by atoms with Gasteiger partial charge in [-0.1, -0.05) is 19.9 Å². The lowest BCUT2D eigenvalue weighted by Gasteiger charge is -2.11. The Hall–Kier alpha value is -2.93. The molecule has 0 fully saturated rings. The fourth-order valence-corrected chi connectivity index (χ4v) is 2.04. The van der Waals surface area contributed by atoms with E-state index in [1.807, 2.05) is 13.8 Å². The molecule has 2 rings (SSSR count). The van der Waals surface area contributed by atoms with E-state index >= 15 is 0 Å². The molecule has 0 saturated heterocycles. The zero-order chi connectivity index (χ0) is 18.2. The zero-order valence-corrected chi connectivity index (χ0v) is 14.7. The van der Waals surface area contributed by atoms with Gasteiger partial charge in [0.05, 0.1) is 6.26 Å². The van der Waals surface area contributed by atoms with Gasteiger partial charge in [-0.2, -0.15) is 0 Å². The molecule has 0 atom stereocenters. The van der Waals surface area contributed by atoms with Gasteiger partial charge >= 0.3 is 0 Å². The maximum absolute atomic E-state index is 11.8. The Morgan fingerprint density at radius 1 is 1.12 bits per heavy atom. The Labute approximate surface area is 151 Å². The fourth-order valence-electron chi connectivity index (χ4n) is 1.82. The van der Waals surface area contributed by atoms with Gasteiger partial charge in [0.15, 0.2) is 5.11 Å². The lowest BCUT2D eigenvalue weighted by atomic mass is 10.2. The van der Waals surface area contributed by atoms with Crippen molar-refractivity contribution in [2.75, 3.05) is 10.6 Å². The number of carbonyl (C=O) groups excluding carboxylic acids is 2. The predicted octanol–water partition coefficient (Wildman–Crippen LogP) is 3.40. The first kappa shape index (κ1) is 18.4. The van der Waals surface area contributed by atoms with Crippen molar-refractivity contribution in [3.05, 3.63) is 54.5 Å². The van der Waals surface area contributed by atoms with Crippen molar-refractivity contribution >= 4 is 46.6 Å². The highest BCUT2D eigenvalue weighted by Gasteiger charge is 2.08. The van der Waals surface area contributed by atoms with Gasteiger partial charge in [0.25, 0.3) is 0 Å². The molecule has 1 aromatic carbocycles. The number of thiocarbonyl (C=S) groups is 1. The third-order valence-corrected chi connectivity index (χ3v) is 3.30. The van der Waals surface area contributed by atoms with Crippen LogP contribution in [-0.4, -0.2) is 16.9 Å². The van der Waals surface area contributed by atoms with Crippen molar-refractivity contribution in [1.82, 2.24) is 5.32 Å². The molecule has 0 unspecified atom stereocenters. The first-order valence-electron chi connectivity index (χ1n) is 7.68. The molecule has 1 heterocycles. The van der Waals surface area contributed by atoms with E-state index in [2.05, 4.69) is 16.0 Å². The molecule has 25 heavy (non-hydrogen) atoms. The van der Waals surface area contributed by atoms with Crippen molar-refractivity contribution in [2.45, 2.75) is 13.8 Å². The van der Waals surface area contributed by atoms with E-state index in [4.69, 9.17) is 16.6 Å². The quantitative estimate of drug-likeness (QED) is 0.564. The van der Waals surface area contributed by atoms with Crippen LogP contribution < -0.4 is 16.0 Å². The molecule has 0 spiro atoms. The van der Waals surface area contributed by atoms with E-state index in [0.29, 0.717) is 17.1 Å². The second-order valence-electron chi connectivity index (χ2n) is 5.52. The van der Waals surface area contributed by atoms with Gasteiger partial charge in [0.2, 0.25) is 11.8 Å². The summed E-state index contributed by atoms with van der Waals surface area (Å²) >= 11 is 5.11. The molecule has 6 nitrogen and oxygen atoms in total. The standard InChI is InChI=1S/C18H19N3O3S/c1-12(2)17(23)19-13-5-3-6-14(11-13)20-18(25)21-16(22)9-8-15-7-4-10-24-15/h3-12H,1-2H3,(H,19,23)(H2,20,21,22,25)/b9-8+. The van der Waals surface area contributed by atoms with Gasteiger partial charge in [0, 0.05) is 23.4 Å². The summed E-state index contributed by atoms with van der Waals surface area (Å²) in [5.74, 6) is 0.00908. The van der Waals surface area contributed by atoms with Gasteiger partial charge in [-0.15, -0.1) is 0 Å². The molecule has 130 valence electrons. The van der Waals surface area contributed by atoms with Crippen molar-refractivity contribution in [2.24, 2.45) is 5.92 Å². The summed E-state index contributed by atoms with van der Waals surface area (Å²) in [6.07, 6.45) is 4.39. The van der Waals surface area contributed by atoms with E-state index in [9.17, 15) is 9.59 Å². The highest BCUT2D eigenvalue weighted by atomic mass is 32.1. The lowest BCUT2D eigenvalue weighted by Crippen LogP contribution is -2.32. The molecule has 1 aromatic heterocycles. The summed E-state index contributed by atoms with van der Waals surface area (Å²) in [5, 5.41) is 8.39. The van der Waals surface area contributed by atoms with E-state index in [1.165, 1.54) is 12.3 Å². The molecule has 0 saturated carbocycles. The second kappa shape index (κ2) is 8.79. The number of hydrogen-bond donors (Lipinski definition) is 3. The Morgan fingerprint density at radius 3 is 2.48 bits per heavy atom. The third kappa shape index (κ3) is 6.23. The van der Waals surface area contributed by atoms with E-state index < -0.39 is 0 Å². The molecular weight excluding hydrogens is 338 g/mol. The van der Waals surface area contributed by atoms with Crippen molar-refractivity contribution in [3.63, 3.8) is 0 Å². The zero-order valence-electron chi connectivity index (χ0n) is 13.9. The third-order valence-electron chi connectivity index (χ3n) is 3.09. The van der Waals surface area contributed by atoms with Crippen molar-refractivity contribution in [1.29, 1.82) is 0 Å².